The zero-order valence-electron chi connectivity index (χ0n) is 31.9. The lowest BCUT2D eigenvalue weighted by Crippen LogP contribution is -2.23. The minimum atomic E-state index is -1.53. The molecule has 0 saturated heterocycles. The van der Waals surface area contributed by atoms with Crippen molar-refractivity contribution in [1.82, 2.24) is 9.36 Å². The monoisotopic (exact) mass is 796 g/mol. The van der Waals surface area contributed by atoms with Gasteiger partial charge in [0, 0.05) is 24.9 Å². The number of anilines is 3. The van der Waals surface area contributed by atoms with E-state index in [9.17, 15) is 44.2 Å². The molecular weight excluding hydrogens is 756 g/mol. The predicted octanol–water partition coefficient (Wildman–Crippen LogP) is 7.26. The minimum Gasteiger partial charge on any atom is -0.478 e. The van der Waals surface area contributed by atoms with Crippen molar-refractivity contribution in [3.63, 3.8) is 0 Å². The first-order valence-corrected chi connectivity index (χ1v) is 17.8. The first-order valence-electron chi connectivity index (χ1n) is 17.8. The number of ether oxygens (including phenoxy) is 2. The van der Waals surface area contributed by atoms with Crippen LogP contribution in [0.4, 0.5) is 28.4 Å². The smallest absolute Gasteiger partial charge is 0.338 e. The van der Waals surface area contributed by atoms with Crippen LogP contribution in [-0.2, 0) is 16.6 Å². The van der Waals surface area contributed by atoms with Crippen molar-refractivity contribution < 1.29 is 43.6 Å². The topological polar surface area (TPSA) is 244 Å². The number of esters is 1. The second-order valence-electron chi connectivity index (χ2n) is 12.7. The number of carbonyl (C=O) groups is 4. The number of nitrogens with zero attached hydrogens (tertiary/aromatic N) is 4. The van der Waals surface area contributed by atoms with Crippen molar-refractivity contribution in [1.29, 1.82) is 0 Å². The average Bonchev–Trinajstić information content (AvgIpc) is 3.41. The molecule has 18 heteroatoms. The maximum Gasteiger partial charge on any atom is 0.338 e. The fraction of sp³-hybridized carbons (Fsp3) is 0.225. The van der Waals surface area contributed by atoms with Gasteiger partial charge in [-0.2, -0.15) is 0 Å². The van der Waals surface area contributed by atoms with E-state index >= 15 is 0 Å². The molecule has 0 radical (unpaired) electrons. The summed E-state index contributed by atoms with van der Waals surface area (Å²) >= 11 is 0. The molecule has 302 valence electrons. The van der Waals surface area contributed by atoms with E-state index in [0.717, 1.165) is 43.4 Å². The summed E-state index contributed by atoms with van der Waals surface area (Å²) in [5, 5.41) is 37.0. The third-order valence-electron chi connectivity index (χ3n) is 8.71. The van der Waals surface area contributed by atoms with Crippen molar-refractivity contribution in [3.05, 3.63) is 143 Å². The zero-order chi connectivity index (χ0) is 42.5. The quantitative estimate of drug-likeness (QED) is 0.0293. The molecule has 1 aromatic heterocycles. The molecule has 5 aromatic rings. The van der Waals surface area contributed by atoms with Crippen LogP contribution in [0.25, 0.3) is 5.69 Å². The molecule has 0 aliphatic rings. The fourth-order valence-corrected chi connectivity index (χ4v) is 5.63. The summed E-state index contributed by atoms with van der Waals surface area (Å²) in [6, 6.07) is 21.1. The first kappa shape index (κ1) is 43.1. The van der Waals surface area contributed by atoms with Crippen molar-refractivity contribution in [2.75, 3.05) is 17.2 Å². The number of aromatic nitrogens is 2. The normalized spacial score (nSPS) is 10.4. The number of benzene rings is 4. The van der Waals surface area contributed by atoms with E-state index in [1.165, 1.54) is 28.9 Å². The van der Waals surface area contributed by atoms with Gasteiger partial charge in [0.05, 0.1) is 44.5 Å². The third-order valence-corrected chi connectivity index (χ3v) is 8.71. The number of aryl methyl sites for hydroxylation is 1. The molecule has 1 heterocycles. The van der Waals surface area contributed by atoms with E-state index in [2.05, 4.69) is 17.6 Å². The predicted molar refractivity (Wildman–Crippen MR) is 212 cm³/mol. The lowest BCUT2D eigenvalue weighted by molar-refractivity contribution is -0.392. The van der Waals surface area contributed by atoms with Gasteiger partial charge >= 0.3 is 23.3 Å². The summed E-state index contributed by atoms with van der Waals surface area (Å²) in [7, 11) is 1.74. The molecule has 0 atom stereocenters. The van der Waals surface area contributed by atoms with Gasteiger partial charge in [-0.05, 0) is 68.8 Å². The van der Waals surface area contributed by atoms with E-state index in [0.29, 0.717) is 18.0 Å². The molecule has 1 amide bonds. The lowest BCUT2D eigenvalue weighted by Gasteiger charge is -2.10. The van der Waals surface area contributed by atoms with E-state index in [1.54, 1.807) is 36.9 Å². The average molecular weight is 797 g/mol. The molecule has 58 heavy (non-hydrogen) atoms. The SMILES string of the molecule is CCCCCCOC(=O)c1ccc(Nc2c([N+](=O)[O-])cc(C(=O)O)cc2[N+](=O)[O-])cc1.Cc1ccc(OC=O)c(C(=O)Nc2c(C)n(C)n(-c3ccccc3)c2=O)c1. The molecule has 0 spiro atoms. The highest BCUT2D eigenvalue weighted by atomic mass is 16.6. The van der Waals surface area contributed by atoms with Gasteiger partial charge in [0.2, 0.25) is 0 Å². The van der Waals surface area contributed by atoms with Gasteiger partial charge < -0.3 is 25.2 Å². The molecule has 0 fully saturated rings. The Morgan fingerprint density at radius 1 is 0.845 bits per heavy atom. The Morgan fingerprint density at radius 3 is 2.05 bits per heavy atom. The Morgan fingerprint density at radius 2 is 1.48 bits per heavy atom. The summed E-state index contributed by atoms with van der Waals surface area (Å²) in [4.78, 5) is 80.4. The number of nitrogens with one attached hydrogen (secondary N) is 2. The molecule has 5 rings (SSSR count). The number of carbonyl (C=O) groups excluding carboxylic acids is 3. The lowest BCUT2D eigenvalue weighted by atomic mass is 10.1. The Balaban J connectivity index is 0.000000259. The minimum absolute atomic E-state index is 0.130. The van der Waals surface area contributed by atoms with Crippen LogP contribution in [0, 0.1) is 34.1 Å². The van der Waals surface area contributed by atoms with Gasteiger partial charge in [-0.3, -0.25) is 39.3 Å². The number of hydrogen-bond donors (Lipinski definition) is 3. The van der Waals surface area contributed by atoms with Crippen LogP contribution >= 0.6 is 0 Å². The number of para-hydroxylation sites is 1. The van der Waals surface area contributed by atoms with Gasteiger partial charge in [-0.25, -0.2) is 14.3 Å². The van der Waals surface area contributed by atoms with E-state index in [4.69, 9.17) is 14.6 Å². The maximum absolute atomic E-state index is 12.9. The van der Waals surface area contributed by atoms with Crippen LogP contribution < -0.4 is 20.9 Å². The molecule has 0 unspecified atom stereocenters. The van der Waals surface area contributed by atoms with Gasteiger partial charge in [0.15, 0.2) is 5.69 Å². The van der Waals surface area contributed by atoms with Crippen LogP contribution in [0.5, 0.6) is 5.75 Å². The summed E-state index contributed by atoms with van der Waals surface area (Å²) < 4.78 is 13.2. The number of carboxylic acids is 1. The van der Waals surface area contributed by atoms with Crippen LogP contribution in [-0.4, -0.2) is 55.2 Å². The molecule has 3 N–H and O–H groups in total. The van der Waals surface area contributed by atoms with Crippen molar-refractivity contribution in [2.45, 2.75) is 46.5 Å². The van der Waals surface area contributed by atoms with Gasteiger partial charge in [0.1, 0.15) is 11.4 Å². The largest absolute Gasteiger partial charge is 0.478 e. The van der Waals surface area contributed by atoms with Crippen molar-refractivity contribution in [3.8, 4) is 11.4 Å². The van der Waals surface area contributed by atoms with E-state index in [1.807, 2.05) is 37.3 Å². The molecule has 18 nitrogen and oxygen atoms in total. The van der Waals surface area contributed by atoms with Gasteiger partial charge in [-0.1, -0.05) is 56.0 Å². The highest BCUT2D eigenvalue weighted by Gasteiger charge is 2.29. The molecule has 0 bridgehead atoms. The Bertz CT molecular complexity index is 2350. The van der Waals surface area contributed by atoms with Crippen LogP contribution in [0.1, 0.15) is 74.9 Å². The molecule has 0 aliphatic heterocycles. The number of aromatic carboxylic acids is 1. The van der Waals surface area contributed by atoms with E-state index < -0.39 is 50.3 Å². The Hall–Kier alpha value is -7.63. The molecular formula is C40H40N6O12. The first-order chi connectivity index (χ1) is 27.7. The standard InChI is InChI=1S/C20H21N3O8.C20H19N3O4/c1-2-3-4-5-10-31-20(26)13-6-8-15(9-7-13)21-18-16(22(27)28)11-14(19(24)25)12-17(18)23(29)30;1-13-9-10-17(27-12-24)16(11-13)19(25)21-18-14(2)22(3)23(20(18)26)15-7-5-4-6-8-15/h6-9,11-12,21H,2-5,10H2,1H3,(H,24,25);4-12H,1-3H3,(H,21,25). The summed E-state index contributed by atoms with van der Waals surface area (Å²) in [5.74, 6) is -2.45. The van der Waals surface area contributed by atoms with Crippen molar-refractivity contribution in [2.24, 2.45) is 7.05 Å². The second-order valence-corrected chi connectivity index (χ2v) is 12.7. The number of carboxylic acid groups (broad SMARTS) is 1. The van der Waals surface area contributed by atoms with Gasteiger partial charge in [0.25, 0.3) is 17.9 Å². The number of amides is 1. The number of nitro benzene ring substituents is 2. The third kappa shape index (κ3) is 10.6. The Kier molecular flexibility index (Phi) is 14.7. The highest BCUT2D eigenvalue weighted by Crippen LogP contribution is 2.38. The second kappa shape index (κ2) is 19.8. The number of hydrogen-bond acceptors (Lipinski definition) is 12. The molecule has 0 aliphatic carbocycles. The number of nitro groups is 2. The summed E-state index contributed by atoms with van der Waals surface area (Å²) in [6.45, 7) is 6.20. The molecule has 0 saturated carbocycles. The molecule has 4 aromatic carbocycles. The van der Waals surface area contributed by atoms with Crippen LogP contribution in [0.2, 0.25) is 0 Å². The van der Waals surface area contributed by atoms with Crippen LogP contribution in [0.3, 0.4) is 0 Å². The van der Waals surface area contributed by atoms with E-state index in [-0.39, 0.29) is 40.3 Å². The number of rotatable bonds is 16. The summed E-state index contributed by atoms with van der Waals surface area (Å²) in [6.07, 6.45) is 3.85. The Labute approximate surface area is 330 Å². The van der Waals surface area contributed by atoms with Crippen LogP contribution in [0.15, 0.2) is 89.7 Å². The fourth-order valence-electron chi connectivity index (χ4n) is 5.63. The summed E-state index contributed by atoms with van der Waals surface area (Å²) in [5.41, 5.74) is 0.0271. The van der Waals surface area contributed by atoms with Gasteiger partial charge in [-0.15, -0.1) is 0 Å². The van der Waals surface area contributed by atoms with Crippen molar-refractivity contribution >= 4 is 52.8 Å². The highest BCUT2D eigenvalue weighted by molar-refractivity contribution is 6.06. The number of unbranched alkanes of at least 4 members (excludes halogenated alkanes) is 3. The zero-order valence-corrected chi connectivity index (χ0v) is 31.9. The maximum atomic E-state index is 12.9.